The quantitative estimate of drug-likeness (QED) is 0.791. The Bertz CT molecular complexity index is 344. The van der Waals surface area contributed by atoms with E-state index in [1.54, 1.807) is 0 Å². The van der Waals surface area contributed by atoms with E-state index in [9.17, 15) is 0 Å². The first kappa shape index (κ1) is 12.5. The van der Waals surface area contributed by atoms with Crippen molar-refractivity contribution in [3.8, 4) is 0 Å². The number of rotatable bonds is 1. The first-order chi connectivity index (χ1) is 9.18. The summed E-state index contributed by atoms with van der Waals surface area (Å²) in [5, 5.41) is 3.55. The molecule has 4 atom stereocenters. The van der Waals surface area contributed by atoms with E-state index in [0.29, 0.717) is 38.1 Å². The van der Waals surface area contributed by atoms with Crippen molar-refractivity contribution in [3.63, 3.8) is 0 Å². The fourth-order valence-corrected chi connectivity index (χ4v) is 4.79. The van der Waals surface area contributed by atoms with Crippen LogP contribution in [0.15, 0.2) is 0 Å². The Labute approximate surface area is 114 Å². The van der Waals surface area contributed by atoms with Gasteiger partial charge in [-0.05, 0) is 44.4 Å². The second-order valence-corrected chi connectivity index (χ2v) is 7.10. The van der Waals surface area contributed by atoms with Gasteiger partial charge in [-0.15, -0.1) is 0 Å². The largest absolute Gasteiger partial charge is 0.378 e. The Morgan fingerprint density at radius 1 is 1.00 bits per heavy atom. The number of alkyl halides is 1. The highest BCUT2D eigenvalue weighted by Crippen LogP contribution is 2.48. The fourth-order valence-electron chi connectivity index (χ4n) is 4.79. The molecule has 0 aromatic carbocycles. The third kappa shape index (κ3) is 2.12. The van der Waals surface area contributed by atoms with Crippen LogP contribution < -0.4 is 5.32 Å². The van der Waals surface area contributed by atoms with Crippen molar-refractivity contribution in [3.05, 3.63) is 0 Å². The van der Waals surface area contributed by atoms with Crippen molar-refractivity contribution in [2.75, 3.05) is 19.8 Å². The van der Waals surface area contributed by atoms with Crippen LogP contribution in [0, 0.1) is 5.92 Å². The minimum absolute atomic E-state index is 0.161. The van der Waals surface area contributed by atoms with Crippen molar-refractivity contribution in [1.82, 2.24) is 5.32 Å². The minimum atomic E-state index is -0.962. The Morgan fingerprint density at radius 2 is 1.79 bits per heavy atom. The third-order valence-corrected chi connectivity index (χ3v) is 5.80. The molecular weight excluding hydrogens is 245 g/mol. The number of ether oxygens (including phenoxy) is 2. The minimum Gasteiger partial charge on any atom is -0.378 e. The molecule has 0 amide bonds. The van der Waals surface area contributed by atoms with E-state index in [2.05, 4.69) is 5.32 Å². The predicted octanol–water partition coefficient (Wildman–Crippen LogP) is 2.19. The molecule has 4 heteroatoms. The number of hydrogen-bond donors (Lipinski definition) is 1. The van der Waals surface area contributed by atoms with Crippen LogP contribution in [-0.4, -0.2) is 43.2 Å². The van der Waals surface area contributed by atoms with E-state index in [-0.39, 0.29) is 11.5 Å². The normalized spacial score (nSPS) is 53.8. The number of hydrogen-bond acceptors (Lipinski definition) is 3. The summed E-state index contributed by atoms with van der Waals surface area (Å²) in [6.07, 6.45) is 6.45. The van der Waals surface area contributed by atoms with Crippen molar-refractivity contribution in [1.29, 1.82) is 0 Å². The lowest BCUT2D eigenvalue weighted by molar-refractivity contribution is -0.131. The summed E-state index contributed by atoms with van der Waals surface area (Å²) in [4.78, 5) is 0. The van der Waals surface area contributed by atoms with Crippen molar-refractivity contribution < 1.29 is 13.9 Å². The zero-order valence-corrected chi connectivity index (χ0v) is 11.5. The molecule has 4 saturated heterocycles. The zero-order chi connectivity index (χ0) is 12.9. The van der Waals surface area contributed by atoms with Gasteiger partial charge in [-0.3, -0.25) is 0 Å². The molecule has 0 saturated carbocycles. The van der Waals surface area contributed by atoms with Crippen LogP contribution in [0.1, 0.15) is 44.9 Å². The first-order valence-corrected chi connectivity index (χ1v) is 7.84. The van der Waals surface area contributed by atoms with Gasteiger partial charge in [0.25, 0.3) is 0 Å². The Balaban J connectivity index is 1.51. The van der Waals surface area contributed by atoms with Gasteiger partial charge in [-0.1, -0.05) is 0 Å². The van der Waals surface area contributed by atoms with Gasteiger partial charge in [-0.2, -0.15) is 0 Å². The molecule has 4 fully saturated rings. The third-order valence-electron chi connectivity index (χ3n) is 5.80. The van der Waals surface area contributed by atoms with Gasteiger partial charge < -0.3 is 14.8 Å². The molecule has 4 heterocycles. The van der Waals surface area contributed by atoms with E-state index < -0.39 is 5.67 Å². The summed E-state index contributed by atoms with van der Waals surface area (Å²) in [6.45, 7) is 2.16. The fraction of sp³-hybridized carbons (Fsp3) is 1.00. The summed E-state index contributed by atoms with van der Waals surface area (Å²) in [7, 11) is 0. The number of halogens is 1. The van der Waals surface area contributed by atoms with Crippen molar-refractivity contribution in [2.45, 2.75) is 68.3 Å². The molecule has 4 aliphatic rings. The molecule has 4 aliphatic heterocycles. The van der Waals surface area contributed by atoms with Crippen molar-refractivity contribution >= 4 is 0 Å². The van der Waals surface area contributed by atoms with Gasteiger partial charge in [-0.25, -0.2) is 4.39 Å². The predicted molar refractivity (Wildman–Crippen MR) is 69.9 cm³/mol. The molecule has 0 radical (unpaired) electrons. The summed E-state index contributed by atoms with van der Waals surface area (Å²) < 4.78 is 27.0. The van der Waals surface area contributed by atoms with Crippen LogP contribution >= 0.6 is 0 Å². The average molecular weight is 269 g/mol. The zero-order valence-electron chi connectivity index (χ0n) is 11.5. The Morgan fingerprint density at radius 3 is 2.47 bits per heavy atom. The molecule has 1 N–H and O–H groups in total. The van der Waals surface area contributed by atoms with Crippen LogP contribution in [0.25, 0.3) is 0 Å². The van der Waals surface area contributed by atoms with Gasteiger partial charge >= 0.3 is 0 Å². The standard InChI is InChI=1S/C15H24FNO2/c16-15(8-12-1-2-13(9-15)17-12)11-3-5-19-14(7-11)4-6-18-10-14/h11-13,17H,1-10H2. The number of fused-ring (bicyclic) bond motifs is 2. The summed E-state index contributed by atoms with van der Waals surface area (Å²) in [5.74, 6) is 0.174. The highest BCUT2D eigenvalue weighted by atomic mass is 19.1. The number of nitrogens with one attached hydrogen (secondary N) is 1. The Kier molecular flexibility index (Phi) is 2.91. The smallest absolute Gasteiger partial charge is 0.117 e. The lowest BCUT2D eigenvalue weighted by atomic mass is 9.71. The monoisotopic (exact) mass is 269 g/mol. The molecule has 3 nitrogen and oxygen atoms in total. The van der Waals surface area contributed by atoms with Crippen LogP contribution in [-0.2, 0) is 9.47 Å². The van der Waals surface area contributed by atoms with E-state index in [1.165, 1.54) is 0 Å². The molecule has 0 aliphatic carbocycles. The van der Waals surface area contributed by atoms with Gasteiger partial charge in [0.2, 0.25) is 0 Å². The van der Waals surface area contributed by atoms with E-state index in [4.69, 9.17) is 9.47 Å². The topological polar surface area (TPSA) is 30.5 Å². The van der Waals surface area contributed by atoms with E-state index in [0.717, 1.165) is 38.7 Å². The van der Waals surface area contributed by atoms with Gasteiger partial charge in [0.1, 0.15) is 5.67 Å². The van der Waals surface area contributed by atoms with Crippen LogP contribution in [0.2, 0.25) is 0 Å². The highest BCUT2D eigenvalue weighted by Gasteiger charge is 2.53. The molecule has 19 heavy (non-hydrogen) atoms. The van der Waals surface area contributed by atoms with Gasteiger partial charge in [0, 0.05) is 31.7 Å². The lowest BCUT2D eigenvalue weighted by Gasteiger charge is -2.46. The van der Waals surface area contributed by atoms with Crippen LogP contribution in [0.5, 0.6) is 0 Å². The molecule has 4 rings (SSSR count). The lowest BCUT2D eigenvalue weighted by Crippen LogP contribution is -2.53. The Hall–Kier alpha value is -0.190. The van der Waals surface area contributed by atoms with Gasteiger partial charge in [0.15, 0.2) is 0 Å². The molecule has 2 bridgehead atoms. The maximum Gasteiger partial charge on any atom is 0.117 e. The highest BCUT2D eigenvalue weighted by molar-refractivity contribution is 5.06. The first-order valence-electron chi connectivity index (χ1n) is 7.84. The number of piperidine rings is 1. The summed E-state index contributed by atoms with van der Waals surface area (Å²) in [5.41, 5.74) is -1.12. The average Bonchev–Trinajstić information content (AvgIpc) is 2.97. The van der Waals surface area contributed by atoms with Crippen molar-refractivity contribution in [2.24, 2.45) is 5.92 Å². The second kappa shape index (κ2) is 4.40. The maximum absolute atomic E-state index is 15.5. The molecule has 4 unspecified atom stereocenters. The molecule has 0 aromatic rings. The van der Waals surface area contributed by atoms with Gasteiger partial charge in [0.05, 0.1) is 12.2 Å². The summed E-state index contributed by atoms with van der Waals surface area (Å²) >= 11 is 0. The second-order valence-electron chi connectivity index (χ2n) is 7.10. The molecule has 108 valence electrons. The molecular formula is C15H24FNO2. The van der Waals surface area contributed by atoms with Crippen LogP contribution in [0.3, 0.4) is 0 Å². The van der Waals surface area contributed by atoms with E-state index in [1.807, 2.05) is 0 Å². The molecule has 0 aromatic heterocycles. The maximum atomic E-state index is 15.5. The van der Waals surface area contributed by atoms with E-state index >= 15 is 4.39 Å². The SMILES string of the molecule is FC1(C2CCOC3(CCOC3)C2)CC2CCC(C1)N2. The van der Waals surface area contributed by atoms with Crippen LogP contribution in [0.4, 0.5) is 4.39 Å². The molecule has 1 spiro atoms. The summed E-state index contributed by atoms with van der Waals surface area (Å²) in [6, 6.07) is 0.838.